The van der Waals surface area contributed by atoms with Crippen LogP contribution in [0, 0.1) is 5.82 Å². The Morgan fingerprint density at radius 1 is 1.57 bits per heavy atom. The number of ether oxygens (including phenoxy) is 1. The summed E-state index contributed by atoms with van der Waals surface area (Å²) < 4.78 is 38.3. The Morgan fingerprint density at radius 2 is 2.21 bits per heavy atom. The Labute approximate surface area is 106 Å². The summed E-state index contributed by atoms with van der Waals surface area (Å²) >= 11 is -2.23. The van der Waals surface area contributed by atoms with E-state index in [0.717, 1.165) is 6.07 Å². The molecule has 0 spiro atoms. The van der Waals surface area contributed by atoms with Crippen LogP contribution >= 0.6 is 0 Å². The van der Waals surface area contributed by atoms with E-state index in [-0.39, 0.29) is 35.3 Å². The molecule has 0 N–H and O–H groups in total. The van der Waals surface area contributed by atoms with Crippen molar-refractivity contribution >= 4 is 11.1 Å². The van der Waals surface area contributed by atoms with Gasteiger partial charge in [0, 0.05) is 11.3 Å². The van der Waals surface area contributed by atoms with Gasteiger partial charge in [-0.25, -0.2) is 4.39 Å². The average Bonchev–Trinajstić information content (AvgIpc) is 2.03. The fraction of sp³-hybridized carbons (Fsp3) is 0.250. The van der Waals surface area contributed by atoms with Gasteiger partial charge in [0.15, 0.2) is 0 Å². The van der Waals surface area contributed by atoms with Gasteiger partial charge in [-0.2, -0.15) is 0 Å². The van der Waals surface area contributed by atoms with Crippen LogP contribution in [0.5, 0.6) is 5.75 Å². The van der Waals surface area contributed by atoms with Crippen molar-refractivity contribution in [2.24, 2.45) is 0 Å². The standard InChI is InChI=1S/C8H9FO3S.Na/c1-12-8-3-2-7(9)4-6(8)5-13(10)11;/h2-4H,5H2,1H3,(H,10,11);/q;+1/p-1. The van der Waals surface area contributed by atoms with Crippen LogP contribution in [0.4, 0.5) is 4.39 Å². The first kappa shape index (κ1) is 14.1. The van der Waals surface area contributed by atoms with E-state index in [1.54, 1.807) is 0 Å². The van der Waals surface area contributed by atoms with Crippen LogP contribution < -0.4 is 34.3 Å². The van der Waals surface area contributed by atoms with E-state index < -0.39 is 16.9 Å². The first-order valence-electron chi connectivity index (χ1n) is 3.51. The first-order valence-corrected chi connectivity index (χ1v) is 4.76. The minimum Gasteiger partial charge on any atom is -0.772 e. The van der Waals surface area contributed by atoms with Crippen LogP contribution in [0.3, 0.4) is 0 Å². The molecule has 1 atom stereocenters. The Bertz CT molecular complexity index is 332. The van der Waals surface area contributed by atoms with Crippen molar-refractivity contribution in [1.82, 2.24) is 0 Å². The molecule has 0 saturated carbocycles. The molecule has 1 unspecified atom stereocenters. The molecule has 6 heteroatoms. The summed E-state index contributed by atoms with van der Waals surface area (Å²) in [5, 5.41) is 0. The summed E-state index contributed by atoms with van der Waals surface area (Å²) in [6.07, 6.45) is 0. The van der Waals surface area contributed by atoms with E-state index in [1.165, 1.54) is 19.2 Å². The van der Waals surface area contributed by atoms with Crippen molar-refractivity contribution in [3.8, 4) is 5.75 Å². The van der Waals surface area contributed by atoms with Crippen molar-refractivity contribution in [2.75, 3.05) is 7.11 Å². The number of hydrogen-bond acceptors (Lipinski definition) is 3. The minimum absolute atomic E-state index is 0. The maximum Gasteiger partial charge on any atom is 1.00 e. The molecule has 14 heavy (non-hydrogen) atoms. The Hall–Kier alpha value is 0.0600. The average molecular weight is 226 g/mol. The summed E-state index contributed by atoms with van der Waals surface area (Å²) in [6.45, 7) is 0. The van der Waals surface area contributed by atoms with Crippen molar-refractivity contribution in [1.29, 1.82) is 0 Å². The fourth-order valence-electron chi connectivity index (χ4n) is 0.987. The second-order valence-electron chi connectivity index (χ2n) is 2.40. The maximum absolute atomic E-state index is 12.7. The van der Waals surface area contributed by atoms with E-state index in [1.807, 2.05) is 0 Å². The molecule has 72 valence electrons. The third-order valence-corrected chi connectivity index (χ3v) is 2.06. The zero-order valence-electron chi connectivity index (χ0n) is 7.95. The number of rotatable bonds is 3. The molecule has 0 aliphatic carbocycles. The van der Waals surface area contributed by atoms with E-state index in [2.05, 4.69) is 0 Å². The maximum atomic E-state index is 12.7. The second-order valence-corrected chi connectivity index (χ2v) is 3.30. The van der Waals surface area contributed by atoms with Crippen LogP contribution in [0.15, 0.2) is 18.2 Å². The van der Waals surface area contributed by atoms with Crippen molar-refractivity contribution in [3.63, 3.8) is 0 Å². The molecule has 3 nitrogen and oxygen atoms in total. The molecule has 0 saturated heterocycles. The summed E-state index contributed by atoms with van der Waals surface area (Å²) in [5.41, 5.74) is 0.329. The Balaban J connectivity index is 0.00000169. The number of methoxy groups -OCH3 is 1. The fourth-order valence-corrected chi connectivity index (χ4v) is 1.47. The van der Waals surface area contributed by atoms with Crippen LogP contribution in [-0.2, 0) is 16.8 Å². The van der Waals surface area contributed by atoms with Gasteiger partial charge in [-0.15, -0.1) is 0 Å². The zero-order valence-corrected chi connectivity index (χ0v) is 10.8. The molecule has 1 aromatic rings. The molecule has 0 radical (unpaired) electrons. The number of hydrogen-bond donors (Lipinski definition) is 0. The van der Waals surface area contributed by atoms with Gasteiger partial charge in [0.25, 0.3) is 0 Å². The van der Waals surface area contributed by atoms with Gasteiger partial charge in [-0.1, -0.05) is 11.1 Å². The van der Waals surface area contributed by atoms with Crippen LogP contribution in [-0.4, -0.2) is 15.9 Å². The molecule has 0 aliphatic rings. The summed E-state index contributed by atoms with van der Waals surface area (Å²) in [4.78, 5) is 0. The molecular formula is C8H8FNaO3S. The monoisotopic (exact) mass is 226 g/mol. The van der Waals surface area contributed by atoms with Gasteiger partial charge < -0.3 is 9.29 Å². The van der Waals surface area contributed by atoms with Gasteiger partial charge in [0.2, 0.25) is 0 Å². The molecule has 0 heterocycles. The second kappa shape index (κ2) is 6.53. The summed E-state index contributed by atoms with van der Waals surface area (Å²) in [6, 6.07) is 3.77. The van der Waals surface area contributed by atoms with Gasteiger partial charge in [-0.3, -0.25) is 4.21 Å². The van der Waals surface area contributed by atoms with Crippen LogP contribution in [0.25, 0.3) is 0 Å². The third kappa shape index (κ3) is 4.06. The molecule has 0 fully saturated rings. The van der Waals surface area contributed by atoms with Crippen molar-refractivity contribution in [3.05, 3.63) is 29.6 Å². The SMILES string of the molecule is COc1ccc(F)cc1CS(=O)[O-].[Na+]. The van der Waals surface area contributed by atoms with Gasteiger partial charge >= 0.3 is 29.6 Å². The molecule has 0 bridgehead atoms. The predicted molar refractivity (Wildman–Crippen MR) is 45.6 cm³/mol. The van der Waals surface area contributed by atoms with Crippen molar-refractivity contribution in [2.45, 2.75) is 5.75 Å². The van der Waals surface area contributed by atoms with E-state index in [0.29, 0.717) is 11.3 Å². The Morgan fingerprint density at radius 3 is 2.71 bits per heavy atom. The number of halogens is 1. The smallest absolute Gasteiger partial charge is 0.772 e. The first-order chi connectivity index (χ1) is 6.13. The molecule has 1 aromatic carbocycles. The largest absolute Gasteiger partial charge is 1.00 e. The van der Waals surface area contributed by atoms with Crippen molar-refractivity contribution < 1.29 is 47.4 Å². The minimum atomic E-state index is -2.23. The molecule has 0 aliphatic heterocycles. The van der Waals surface area contributed by atoms with E-state index >= 15 is 0 Å². The van der Waals surface area contributed by atoms with Gasteiger partial charge in [0.1, 0.15) is 11.6 Å². The van der Waals surface area contributed by atoms with Gasteiger partial charge in [-0.05, 0) is 18.2 Å². The molecule has 0 aromatic heterocycles. The van der Waals surface area contributed by atoms with Crippen LogP contribution in [0.1, 0.15) is 5.56 Å². The predicted octanol–water partition coefficient (Wildman–Crippen LogP) is -1.78. The topological polar surface area (TPSA) is 49.4 Å². The zero-order chi connectivity index (χ0) is 9.84. The molecule has 1 rings (SSSR count). The van der Waals surface area contributed by atoms with E-state index in [4.69, 9.17) is 4.74 Å². The summed E-state index contributed by atoms with van der Waals surface area (Å²) in [7, 11) is 1.41. The molecular weight excluding hydrogens is 218 g/mol. The van der Waals surface area contributed by atoms with Crippen LogP contribution in [0.2, 0.25) is 0 Å². The Kier molecular flexibility index (Phi) is 6.55. The quantitative estimate of drug-likeness (QED) is 0.452. The summed E-state index contributed by atoms with van der Waals surface area (Å²) in [5.74, 6) is -0.326. The van der Waals surface area contributed by atoms with E-state index in [9.17, 15) is 13.2 Å². The molecule has 0 amide bonds. The third-order valence-electron chi connectivity index (χ3n) is 1.52. The normalized spacial score (nSPS) is 11.6. The van der Waals surface area contributed by atoms with Gasteiger partial charge in [0.05, 0.1) is 7.11 Å². The number of benzene rings is 1.